The largest absolute Gasteiger partial charge is 0.352 e. The lowest BCUT2D eigenvalue weighted by Gasteiger charge is -2.33. The van der Waals surface area contributed by atoms with Gasteiger partial charge in [0.25, 0.3) is 0 Å². The van der Waals surface area contributed by atoms with E-state index in [4.69, 9.17) is 0 Å². The Kier molecular flexibility index (Phi) is 9.59. The summed E-state index contributed by atoms with van der Waals surface area (Å²) < 4.78 is 26.3. The van der Waals surface area contributed by atoms with Crippen LogP contribution >= 0.6 is 0 Å². The van der Waals surface area contributed by atoms with Crippen molar-refractivity contribution in [2.75, 3.05) is 17.1 Å². The minimum atomic E-state index is -3.87. The van der Waals surface area contributed by atoms with Crippen molar-refractivity contribution in [3.05, 3.63) is 65.2 Å². The zero-order chi connectivity index (χ0) is 26.3. The molecule has 35 heavy (non-hydrogen) atoms. The van der Waals surface area contributed by atoms with Crippen LogP contribution in [0, 0.1) is 6.92 Å². The molecule has 2 aromatic rings. The van der Waals surface area contributed by atoms with Crippen LogP contribution in [0.1, 0.15) is 55.6 Å². The number of Topliss-reactive ketones (excluding diaryl/α,β-unsaturated/α-hetero) is 1. The van der Waals surface area contributed by atoms with Crippen LogP contribution in [0.4, 0.5) is 5.69 Å². The van der Waals surface area contributed by atoms with E-state index in [2.05, 4.69) is 5.32 Å². The Bertz CT molecular complexity index is 1160. The van der Waals surface area contributed by atoms with E-state index in [0.29, 0.717) is 12.0 Å². The van der Waals surface area contributed by atoms with Crippen molar-refractivity contribution in [1.29, 1.82) is 0 Å². The van der Waals surface area contributed by atoms with Crippen molar-refractivity contribution in [2.45, 2.75) is 59.7 Å². The van der Waals surface area contributed by atoms with Gasteiger partial charge in [0.15, 0.2) is 5.78 Å². The summed E-state index contributed by atoms with van der Waals surface area (Å²) in [6, 6.07) is 12.8. The third kappa shape index (κ3) is 7.92. The van der Waals surface area contributed by atoms with Crippen LogP contribution in [0.2, 0.25) is 0 Å². The molecule has 0 aliphatic heterocycles. The van der Waals surface area contributed by atoms with Gasteiger partial charge < -0.3 is 10.2 Å². The summed E-state index contributed by atoms with van der Waals surface area (Å²) in [6.45, 7) is 8.47. The van der Waals surface area contributed by atoms with Crippen molar-refractivity contribution in [2.24, 2.45) is 0 Å². The number of ketones is 1. The van der Waals surface area contributed by atoms with Crippen molar-refractivity contribution in [1.82, 2.24) is 10.2 Å². The Labute approximate surface area is 208 Å². The topological polar surface area (TPSA) is 104 Å². The zero-order valence-corrected chi connectivity index (χ0v) is 22.1. The maximum Gasteiger partial charge on any atom is 0.244 e. The third-order valence-electron chi connectivity index (χ3n) is 5.51. The summed E-state index contributed by atoms with van der Waals surface area (Å²) in [4.78, 5) is 39.9. The molecular weight excluding hydrogens is 466 g/mol. The molecule has 0 bridgehead atoms. The average molecular weight is 502 g/mol. The van der Waals surface area contributed by atoms with E-state index in [1.54, 1.807) is 12.1 Å². The van der Waals surface area contributed by atoms with Gasteiger partial charge in [-0.15, -0.1) is 0 Å². The minimum Gasteiger partial charge on any atom is -0.352 e. The van der Waals surface area contributed by atoms with Crippen LogP contribution in [-0.4, -0.2) is 55.8 Å². The number of hydrogen-bond acceptors (Lipinski definition) is 5. The molecule has 1 atom stereocenters. The number of nitrogens with zero attached hydrogens (tertiary/aromatic N) is 2. The van der Waals surface area contributed by atoms with Gasteiger partial charge in [-0.05, 0) is 51.8 Å². The normalized spacial score (nSPS) is 12.2. The number of carbonyl (C=O) groups is 3. The number of rotatable bonds is 11. The lowest BCUT2D eigenvalue weighted by atomic mass is 10.1. The minimum absolute atomic E-state index is 0.116. The number of nitrogens with one attached hydrogen (secondary N) is 1. The molecule has 0 saturated heterocycles. The highest BCUT2D eigenvalue weighted by Gasteiger charge is 2.32. The Morgan fingerprint density at radius 2 is 1.66 bits per heavy atom. The fourth-order valence-electron chi connectivity index (χ4n) is 3.68. The van der Waals surface area contributed by atoms with Gasteiger partial charge in [-0.1, -0.05) is 48.9 Å². The van der Waals surface area contributed by atoms with E-state index in [1.807, 2.05) is 52.0 Å². The maximum atomic E-state index is 13.6. The number of anilines is 1. The van der Waals surface area contributed by atoms with Crippen LogP contribution in [0.15, 0.2) is 48.5 Å². The molecule has 0 unspecified atom stereocenters. The van der Waals surface area contributed by atoms with Gasteiger partial charge in [-0.2, -0.15) is 0 Å². The van der Waals surface area contributed by atoms with E-state index >= 15 is 0 Å². The molecule has 0 aromatic heterocycles. The molecule has 0 radical (unpaired) electrons. The summed E-state index contributed by atoms with van der Waals surface area (Å²) in [5.74, 6) is -1.04. The molecule has 0 fully saturated rings. The SMILES string of the molecule is CC[C@@H](C(=O)NC(C)C)N(Cc1ccc(C)cc1)C(=O)CN(c1cccc(C(C)=O)c1)S(C)(=O)=O. The summed E-state index contributed by atoms with van der Waals surface area (Å²) in [6.07, 6.45) is 1.36. The number of aryl methyl sites for hydroxylation is 1. The summed E-state index contributed by atoms with van der Waals surface area (Å²) in [7, 11) is -3.87. The number of carbonyl (C=O) groups excluding carboxylic acids is 3. The van der Waals surface area contributed by atoms with E-state index in [-0.39, 0.29) is 30.0 Å². The Morgan fingerprint density at radius 1 is 1.03 bits per heavy atom. The van der Waals surface area contributed by atoms with E-state index in [9.17, 15) is 22.8 Å². The predicted octanol–water partition coefficient (Wildman–Crippen LogP) is 3.30. The second-order valence-electron chi connectivity index (χ2n) is 8.97. The highest BCUT2D eigenvalue weighted by molar-refractivity contribution is 7.92. The quantitative estimate of drug-likeness (QED) is 0.476. The molecule has 2 aromatic carbocycles. The van der Waals surface area contributed by atoms with Crippen LogP contribution in [0.25, 0.3) is 0 Å². The predicted molar refractivity (Wildman–Crippen MR) is 138 cm³/mol. The molecule has 1 N–H and O–H groups in total. The molecule has 2 amide bonds. The first kappa shape index (κ1) is 28.0. The lowest BCUT2D eigenvalue weighted by Crippen LogP contribution is -2.53. The monoisotopic (exact) mass is 501 g/mol. The second-order valence-corrected chi connectivity index (χ2v) is 10.9. The fourth-order valence-corrected chi connectivity index (χ4v) is 4.53. The van der Waals surface area contributed by atoms with E-state index in [0.717, 1.165) is 21.7 Å². The fraction of sp³-hybridized carbons (Fsp3) is 0.423. The first-order chi connectivity index (χ1) is 16.3. The molecule has 0 heterocycles. The Balaban J connectivity index is 2.47. The number of hydrogen-bond donors (Lipinski definition) is 1. The lowest BCUT2D eigenvalue weighted by molar-refractivity contribution is -0.140. The third-order valence-corrected chi connectivity index (χ3v) is 6.65. The zero-order valence-electron chi connectivity index (χ0n) is 21.2. The van der Waals surface area contributed by atoms with Gasteiger partial charge in [0, 0.05) is 18.2 Å². The van der Waals surface area contributed by atoms with Crippen molar-refractivity contribution in [3.8, 4) is 0 Å². The number of sulfonamides is 1. The van der Waals surface area contributed by atoms with Gasteiger partial charge in [0.2, 0.25) is 21.8 Å². The van der Waals surface area contributed by atoms with Crippen molar-refractivity contribution < 1.29 is 22.8 Å². The highest BCUT2D eigenvalue weighted by atomic mass is 32.2. The molecule has 8 nitrogen and oxygen atoms in total. The van der Waals surface area contributed by atoms with Crippen LogP contribution in [0.5, 0.6) is 0 Å². The molecule has 0 aliphatic rings. The standard InChI is InChI=1S/C26H35N3O5S/c1-7-24(26(32)27-18(2)3)28(16-21-13-11-19(4)12-14-21)25(31)17-29(35(6,33)34)23-10-8-9-22(15-23)20(5)30/h8-15,18,24H,7,16-17H2,1-6H3,(H,27,32)/t24-/m0/s1. The van der Waals surface area contributed by atoms with Gasteiger partial charge in [0.05, 0.1) is 11.9 Å². The van der Waals surface area contributed by atoms with Gasteiger partial charge in [-0.25, -0.2) is 8.42 Å². The molecule has 190 valence electrons. The first-order valence-corrected chi connectivity index (χ1v) is 13.4. The molecular formula is C26H35N3O5S. The van der Waals surface area contributed by atoms with Crippen LogP contribution < -0.4 is 9.62 Å². The van der Waals surface area contributed by atoms with Crippen molar-refractivity contribution >= 4 is 33.3 Å². The smallest absolute Gasteiger partial charge is 0.244 e. The molecule has 0 saturated carbocycles. The second kappa shape index (κ2) is 12.0. The van der Waals surface area contributed by atoms with Crippen LogP contribution in [-0.2, 0) is 26.2 Å². The van der Waals surface area contributed by atoms with Crippen LogP contribution in [0.3, 0.4) is 0 Å². The summed E-state index contributed by atoms with van der Waals surface area (Å²) >= 11 is 0. The first-order valence-electron chi connectivity index (χ1n) is 11.6. The van der Waals surface area contributed by atoms with Crippen molar-refractivity contribution in [3.63, 3.8) is 0 Å². The van der Waals surface area contributed by atoms with E-state index < -0.39 is 28.5 Å². The van der Waals surface area contributed by atoms with E-state index in [1.165, 1.54) is 24.0 Å². The number of amides is 2. The maximum absolute atomic E-state index is 13.6. The Hall–Kier alpha value is -3.20. The van der Waals surface area contributed by atoms with Gasteiger partial charge >= 0.3 is 0 Å². The molecule has 9 heteroatoms. The average Bonchev–Trinajstić information content (AvgIpc) is 2.77. The molecule has 2 rings (SSSR count). The molecule has 0 aliphatic carbocycles. The molecule has 0 spiro atoms. The van der Waals surface area contributed by atoms with Gasteiger partial charge in [0.1, 0.15) is 12.6 Å². The van der Waals surface area contributed by atoms with Gasteiger partial charge in [-0.3, -0.25) is 18.7 Å². The highest BCUT2D eigenvalue weighted by Crippen LogP contribution is 2.21. The summed E-state index contributed by atoms with van der Waals surface area (Å²) in [5, 5.41) is 2.86. The summed E-state index contributed by atoms with van der Waals surface area (Å²) in [5.41, 5.74) is 2.43. The Morgan fingerprint density at radius 3 is 2.17 bits per heavy atom. The number of benzene rings is 2.